The fourth-order valence-corrected chi connectivity index (χ4v) is 4.50. The van der Waals surface area contributed by atoms with Crippen LogP contribution < -0.4 is 14.5 Å². The number of carbonyl (C=O) groups is 1. The maximum atomic E-state index is 13.6. The van der Waals surface area contributed by atoms with E-state index in [0.29, 0.717) is 22.2 Å². The van der Waals surface area contributed by atoms with Gasteiger partial charge >= 0.3 is 0 Å². The molecule has 0 aliphatic carbocycles. The van der Waals surface area contributed by atoms with E-state index < -0.39 is 10.8 Å². The molecule has 0 radical (unpaired) electrons. The molecule has 0 unspecified atom stereocenters. The fraction of sp³-hybridized carbons (Fsp3) is 0.0870. The highest BCUT2D eigenvalue weighted by Gasteiger charge is 2.22. The van der Waals surface area contributed by atoms with Crippen LogP contribution in [-0.2, 0) is 0 Å². The smallest absolute Gasteiger partial charge is 0.281 e. The minimum atomic E-state index is -0.480. The van der Waals surface area contributed by atoms with Gasteiger partial charge in [-0.05, 0) is 48.0 Å². The number of nitro benzene ring substituents is 1. The minimum absolute atomic E-state index is 0.0368. The molecule has 1 amide bonds. The number of fused-ring (bicyclic) bond motifs is 1. The summed E-state index contributed by atoms with van der Waals surface area (Å²) in [5.74, 6) is 0.457. The summed E-state index contributed by atoms with van der Waals surface area (Å²) in [6.45, 7) is 0. The van der Waals surface area contributed by atoms with Gasteiger partial charge in [-0.25, -0.2) is 4.98 Å². The van der Waals surface area contributed by atoms with Crippen LogP contribution in [0.1, 0.15) is 15.9 Å². The SMILES string of the molecule is COc1cc(OC)cc(C(=O)N(/N=C/c2ccc([N+](=O)[O-])cc2)c2nc3ccc(Br)cc3s2)c1. The number of anilines is 1. The zero-order valence-corrected chi connectivity index (χ0v) is 20.4. The zero-order valence-electron chi connectivity index (χ0n) is 18.0. The normalized spacial score (nSPS) is 11.0. The Bertz CT molecular complexity index is 1380. The summed E-state index contributed by atoms with van der Waals surface area (Å²) in [7, 11) is 3.00. The third-order valence-corrected chi connectivity index (χ3v) is 6.22. The van der Waals surface area contributed by atoms with Crippen molar-refractivity contribution in [3.05, 3.63) is 86.4 Å². The molecule has 3 aromatic carbocycles. The number of thiazole rings is 1. The largest absolute Gasteiger partial charge is 0.497 e. The highest BCUT2D eigenvalue weighted by molar-refractivity contribution is 9.10. The van der Waals surface area contributed by atoms with Gasteiger partial charge in [0.05, 0.1) is 35.6 Å². The van der Waals surface area contributed by atoms with Gasteiger partial charge < -0.3 is 9.47 Å². The van der Waals surface area contributed by atoms with Gasteiger partial charge in [-0.2, -0.15) is 10.1 Å². The summed E-state index contributed by atoms with van der Waals surface area (Å²) in [4.78, 5) is 28.6. The first-order valence-corrected chi connectivity index (χ1v) is 11.4. The average molecular weight is 541 g/mol. The molecule has 1 heterocycles. The first kappa shape index (κ1) is 23.3. The molecule has 0 N–H and O–H groups in total. The number of carbonyl (C=O) groups excluding carboxylic acids is 1. The van der Waals surface area contributed by atoms with Crippen molar-refractivity contribution in [2.75, 3.05) is 19.2 Å². The van der Waals surface area contributed by atoms with Crippen LogP contribution in [0.15, 0.2) is 70.2 Å². The van der Waals surface area contributed by atoms with Gasteiger partial charge in [-0.15, -0.1) is 0 Å². The molecule has 0 aliphatic rings. The Morgan fingerprint density at radius 3 is 2.38 bits per heavy atom. The molecule has 0 aliphatic heterocycles. The predicted octanol–water partition coefficient (Wildman–Crippen LogP) is 5.67. The number of hydrazone groups is 1. The van der Waals surface area contributed by atoms with E-state index >= 15 is 0 Å². The van der Waals surface area contributed by atoms with E-state index in [1.54, 1.807) is 30.3 Å². The molecule has 0 fully saturated rings. The van der Waals surface area contributed by atoms with E-state index in [4.69, 9.17) is 9.47 Å². The summed E-state index contributed by atoms with van der Waals surface area (Å²) in [5, 5.41) is 16.8. The lowest BCUT2D eigenvalue weighted by Crippen LogP contribution is -2.25. The number of nitro groups is 1. The highest BCUT2D eigenvalue weighted by Crippen LogP contribution is 2.33. The van der Waals surface area contributed by atoms with Crippen molar-refractivity contribution in [1.82, 2.24) is 4.98 Å². The van der Waals surface area contributed by atoms with Crippen molar-refractivity contribution in [3.63, 3.8) is 0 Å². The molecule has 0 atom stereocenters. The van der Waals surface area contributed by atoms with Crippen molar-refractivity contribution in [1.29, 1.82) is 0 Å². The second-order valence-corrected chi connectivity index (χ2v) is 8.84. The number of ether oxygens (including phenoxy) is 2. The number of benzene rings is 3. The number of methoxy groups -OCH3 is 2. The van der Waals surface area contributed by atoms with E-state index in [0.717, 1.165) is 14.7 Å². The average Bonchev–Trinajstić information content (AvgIpc) is 3.26. The monoisotopic (exact) mass is 540 g/mol. The maximum absolute atomic E-state index is 13.6. The van der Waals surface area contributed by atoms with Crippen molar-refractivity contribution >= 4 is 60.4 Å². The number of nitrogens with zero attached hydrogens (tertiary/aromatic N) is 4. The standard InChI is InChI=1S/C23H17BrN4O5S/c1-32-18-9-15(10-19(12-18)33-2)22(29)27(23-26-20-8-5-16(24)11-21(20)34-23)25-13-14-3-6-17(7-4-14)28(30)31/h3-13H,1-2H3/b25-13+. The topological polar surface area (TPSA) is 107 Å². The predicted molar refractivity (Wildman–Crippen MR) is 134 cm³/mol. The Kier molecular flexibility index (Phi) is 6.85. The third-order valence-electron chi connectivity index (χ3n) is 4.74. The Morgan fingerprint density at radius 2 is 1.76 bits per heavy atom. The van der Waals surface area contributed by atoms with Crippen LogP contribution in [0.4, 0.5) is 10.8 Å². The number of halogens is 1. The summed E-state index contributed by atoms with van der Waals surface area (Å²) in [6, 6.07) is 16.3. The Labute approximate surface area is 206 Å². The minimum Gasteiger partial charge on any atom is -0.497 e. The third kappa shape index (κ3) is 5.05. The van der Waals surface area contributed by atoms with Gasteiger partial charge in [0, 0.05) is 28.2 Å². The molecule has 0 saturated carbocycles. The van der Waals surface area contributed by atoms with Gasteiger partial charge in [0.25, 0.3) is 11.6 Å². The molecule has 34 heavy (non-hydrogen) atoms. The van der Waals surface area contributed by atoms with Crippen molar-refractivity contribution in [3.8, 4) is 11.5 Å². The van der Waals surface area contributed by atoms with Crippen LogP contribution in [0.3, 0.4) is 0 Å². The van der Waals surface area contributed by atoms with Crippen LogP contribution in [0.5, 0.6) is 11.5 Å². The van der Waals surface area contributed by atoms with E-state index in [1.807, 2.05) is 18.2 Å². The zero-order chi connectivity index (χ0) is 24.2. The number of aromatic nitrogens is 1. The maximum Gasteiger partial charge on any atom is 0.281 e. The fourth-order valence-electron chi connectivity index (χ4n) is 3.03. The molecule has 9 nitrogen and oxygen atoms in total. The first-order chi connectivity index (χ1) is 16.4. The van der Waals surface area contributed by atoms with Gasteiger partial charge in [-0.1, -0.05) is 27.3 Å². The molecule has 1 aromatic heterocycles. The lowest BCUT2D eigenvalue weighted by molar-refractivity contribution is -0.384. The van der Waals surface area contributed by atoms with Gasteiger partial charge in [-0.3, -0.25) is 14.9 Å². The molecule has 0 bridgehead atoms. The molecule has 172 valence electrons. The van der Waals surface area contributed by atoms with Crippen molar-refractivity contribution in [2.45, 2.75) is 0 Å². The Balaban J connectivity index is 1.77. The molecule has 0 spiro atoms. The summed E-state index contributed by atoms with van der Waals surface area (Å²) in [5.41, 5.74) is 1.55. The quantitative estimate of drug-likeness (QED) is 0.170. The lowest BCUT2D eigenvalue weighted by atomic mass is 10.2. The van der Waals surface area contributed by atoms with Crippen LogP contribution in [-0.4, -0.2) is 36.2 Å². The molecular weight excluding hydrogens is 524 g/mol. The number of non-ortho nitro benzene ring substituents is 1. The van der Waals surface area contributed by atoms with E-state index in [9.17, 15) is 14.9 Å². The van der Waals surface area contributed by atoms with Crippen LogP contribution >= 0.6 is 27.3 Å². The second kappa shape index (κ2) is 9.98. The Morgan fingerprint density at radius 1 is 1.09 bits per heavy atom. The molecule has 0 saturated heterocycles. The second-order valence-electron chi connectivity index (χ2n) is 6.92. The number of hydrogen-bond acceptors (Lipinski definition) is 8. The summed E-state index contributed by atoms with van der Waals surface area (Å²) in [6.07, 6.45) is 1.45. The van der Waals surface area contributed by atoms with E-state index in [-0.39, 0.29) is 11.3 Å². The molecule has 11 heteroatoms. The molecule has 4 aromatic rings. The van der Waals surface area contributed by atoms with E-state index in [1.165, 1.54) is 48.9 Å². The van der Waals surface area contributed by atoms with Crippen molar-refractivity contribution < 1.29 is 19.2 Å². The van der Waals surface area contributed by atoms with Crippen LogP contribution in [0.2, 0.25) is 0 Å². The summed E-state index contributed by atoms with van der Waals surface area (Å²) < 4.78 is 12.3. The van der Waals surface area contributed by atoms with Gasteiger partial charge in [0.15, 0.2) is 0 Å². The molecular formula is C23H17BrN4O5S. The first-order valence-electron chi connectivity index (χ1n) is 9.80. The van der Waals surface area contributed by atoms with Gasteiger partial charge in [0.2, 0.25) is 5.13 Å². The highest BCUT2D eigenvalue weighted by atomic mass is 79.9. The van der Waals surface area contributed by atoms with Crippen LogP contribution in [0, 0.1) is 10.1 Å². The number of amides is 1. The van der Waals surface area contributed by atoms with E-state index in [2.05, 4.69) is 26.0 Å². The molecule has 4 rings (SSSR count). The van der Waals surface area contributed by atoms with Gasteiger partial charge in [0.1, 0.15) is 11.5 Å². The number of hydrogen-bond donors (Lipinski definition) is 0. The Hall–Kier alpha value is -3.83. The lowest BCUT2D eigenvalue weighted by Gasteiger charge is -2.15. The van der Waals surface area contributed by atoms with Crippen molar-refractivity contribution in [2.24, 2.45) is 5.10 Å². The van der Waals surface area contributed by atoms with Crippen LogP contribution in [0.25, 0.3) is 10.2 Å². The number of rotatable bonds is 7. The summed E-state index contributed by atoms with van der Waals surface area (Å²) >= 11 is 4.75.